The lowest BCUT2D eigenvalue weighted by Crippen LogP contribution is -2.48. The summed E-state index contributed by atoms with van der Waals surface area (Å²) in [4.78, 5) is 23.1. The van der Waals surface area contributed by atoms with Crippen molar-refractivity contribution in [1.29, 1.82) is 0 Å². The van der Waals surface area contributed by atoms with Gasteiger partial charge in [0.2, 0.25) is 10.9 Å². The molecule has 0 fully saturated rings. The van der Waals surface area contributed by atoms with Crippen LogP contribution in [0, 0.1) is 0 Å². The van der Waals surface area contributed by atoms with Gasteiger partial charge in [-0.1, -0.05) is 10.1 Å². The molecule has 4 rings (SSSR count). The number of anilines is 2. The van der Waals surface area contributed by atoms with Crippen LogP contribution in [0.3, 0.4) is 0 Å². The third-order valence-electron chi connectivity index (χ3n) is 8.19. The fourth-order valence-electron chi connectivity index (χ4n) is 5.03. The Morgan fingerprint density at radius 3 is 1.55 bits per heavy atom. The molecule has 0 saturated carbocycles. The van der Waals surface area contributed by atoms with E-state index in [1.54, 1.807) is 0 Å². The lowest BCUT2D eigenvalue weighted by atomic mass is 10.2. The van der Waals surface area contributed by atoms with Crippen LogP contribution >= 0.6 is 24.6 Å². The third kappa shape index (κ3) is 16.8. The van der Waals surface area contributed by atoms with Crippen LogP contribution in [0.1, 0.15) is 0 Å². The molecule has 33 nitrogen and oxygen atoms in total. The zero-order valence-electron chi connectivity index (χ0n) is 34.3. The minimum Gasteiger partial charge on any atom is -0.504 e. The van der Waals surface area contributed by atoms with E-state index in [4.69, 9.17) is 19.3 Å². The standard InChI is InChI=1S/C30H30N6O27S8/c37-28-25(34-31-17-1-3-18(4-2-17)66(42,43)12-9-57-64-62-60-40)29(38)27(36-33-22-8-6-20(16-24(22)70(51,52)53)68(46,47)14-11-59-71(54,55)56)30(39)26(28)35-32-21-7-5-19(15-23(21)69(48,49)50)67(44,45)13-10-58-65-63-61-41/h1-8,15-16,31,33,39-41H,9-14H2,(H,48,49,50)(H,51,52,53)(H,54,55,56). The molecule has 0 aliphatic carbocycles. The lowest BCUT2D eigenvalue weighted by Gasteiger charge is -2.10. The van der Waals surface area contributed by atoms with E-state index in [9.17, 15) is 74.3 Å². The molecule has 0 aromatic heterocycles. The summed E-state index contributed by atoms with van der Waals surface area (Å²) in [6, 6.07) is 7.78. The molecule has 71 heavy (non-hydrogen) atoms. The molecule has 390 valence electrons. The fraction of sp³-hybridized carbons (Fsp3) is 0.200. The maximum absolute atomic E-state index is 13.8. The van der Waals surface area contributed by atoms with Gasteiger partial charge in [-0.05, 0) is 60.7 Å². The maximum Gasteiger partial charge on any atom is 0.397 e. The van der Waals surface area contributed by atoms with Crippen LogP contribution in [0.15, 0.2) is 115 Å². The zero-order chi connectivity index (χ0) is 53.0. The predicted molar refractivity (Wildman–Crippen MR) is 235 cm³/mol. The number of azo groups is 1. The van der Waals surface area contributed by atoms with Gasteiger partial charge in [-0.25, -0.2) is 40.0 Å². The van der Waals surface area contributed by atoms with Gasteiger partial charge >= 0.3 is 10.4 Å². The molecule has 8 N–H and O–H groups in total. The molecule has 0 amide bonds. The van der Waals surface area contributed by atoms with Crippen LogP contribution in [0.5, 0.6) is 5.75 Å². The zero-order valence-corrected chi connectivity index (χ0v) is 40.9. The number of sulfone groups is 3. The molecule has 0 aliphatic rings. The van der Waals surface area contributed by atoms with Gasteiger partial charge in [0.15, 0.2) is 76.3 Å². The predicted octanol–water partition coefficient (Wildman–Crippen LogP) is -0.105. The Bertz CT molecular complexity index is 3570. The van der Waals surface area contributed by atoms with Crippen LogP contribution in [0.25, 0.3) is 0 Å². The molecule has 4 aromatic rings. The molecular weight excluding hydrogens is 1130 g/mol. The van der Waals surface area contributed by atoms with Gasteiger partial charge in [-0.3, -0.25) is 42.5 Å². The molecule has 0 saturated heterocycles. The number of hydrogen-bond acceptors (Lipinski definition) is 32. The first kappa shape index (κ1) is 58.6. The first-order valence-electron chi connectivity index (χ1n) is 17.8. The highest BCUT2D eigenvalue weighted by atomic mass is 32.3. The van der Waals surface area contributed by atoms with Gasteiger partial charge in [0.05, 0.1) is 63.1 Å². The van der Waals surface area contributed by atoms with E-state index in [1.807, 2.05) is 5.43 Å². The second-order valence-corrected chi connectivity index (χ2v) is 23.9. The van der Waals surface area contributed by atoms with Gasteiger partial charge in [0, 0.05) is 0 Å². The minimum absolute atomic E-state index is 0.0226. The Balaban J connectivity index is 1.88. The van der Waals surface area contributed by atoms with Crippen LogP contribution in [-0.2, 0) is 91.4 Å². The van der Waals surface area contributed by atoms with E-state index in [1.165, 1.54) is 0 Å². The topological polar surface area (TPSA) is 498 Å². The van der Waals surface area contributed by atoms with E-state index in [-0.39, 0.29) is 35.2 Å². The van der Waals surface area contributed by atoms with Crippen molar-refractivity contribution < 1.29 is 111 Å². The molecule has 41 heteroatoms. The second kappa shape index (κ2) is 24.6. The number of aromatic hydroxyl groups is 1. The first-order chi connectivity index (χ1) is 33.0. The Kier molecular flexibility index (Phi) is 20.3. The van der Waals surface area contributed by atoms with Crippen molar-refractivity contribution >= 4 is 108 Å². The summed E-state index contributed by atoms with van der Waals surface area (Å²) < 4.78 is 198. The van der Waals surface area contributed by atoms with E-state index in [2.05, 4.69) is 53.0 Å². The van der Waals surface area contributed by atoms with Gasteiger partial charge in [-0.15, -0.1) is 18.9 Å². The van der Waals surface area contributed by atoms with Crippen molar-refractivity contribution in [3.63, 3.8) is 0 Å². The summed E-state index contributed by atoms with van der Waals surface area (Å²) in [6.45, 7) is -2.23. The third-order valence-corrected chi connectivity index (χ3v) is 16.2. The van der Waals surface area contributed by atoms with E-state index < -0.39 is 161 Å². The van der Waals surface area contributed by atoms with Gasteiger partial charge in [0.25, 0.3) is 20.2 Å². The molecular formula is C30H30N6O27S8. The summed E-state index contributed by atoms with van der Waals surface area (Å²) in [5, 5.41) is 45.7. The number of phenols is 1. The maximum atomic E-state index is 13.8. The van der Waals surface area contributed by atoms with Crippen molar-refractivity contribution in [2.24, 2.45) is 20.4 Å². The lowest BCUT2D eigenvalue weighted by molar-refractivity contribution is -0.434. The highest BCUT2D eigenvalue weighted by Gasteiger charge is 2.26. The summed E-state index contributed by atoms with van der Waals surface area (Å²) in [7, 11) is -29.0. The minimum atomic E-state index is -5.45. The Hall–Kier alpha value is -5.00. The number of phenolic OH excluding ortho intramolecular Hbond substituents is 1. The largest absolute Gasteiger partial charge is 0.504 e. The van der Waals surface area contributed by atoms with Crippen molar-refractivity contribution in [2.45, 2.75) is 24.5 Å². The summed E-state index contributed by atoms with van der Waals surface area (Å²) in [6.07, 6.45) is 0. The van der Waals surface area contributed by atoms with Crippen LogP contribution < -0.4 is 32.4 Å². The number of benzene rings is 4. The monoisotopic (exact) mass is 1160 g/mol. The molecule has 0 unspecified atom stereocenters. The second-order valence-electron chi connectivity index (χ2n) is 12.7. The molecule has 0 bridgehead atoms. The molecule has 0 atom stereocenters. The van der Waals surface area contributed by atoms with Crippen molar-refractivity contribution in [1.82, 2.24) is 0 Å². The van der Waals surface area contributed by atoms with Gasteiger partial charge in [0.1, 0.15) is 15.5 Å². The summed E-state index contributed by atoms with van der Waals surface area (Å²) in [5.74, 6) is -4.14. The number of hydrogen-bond donors (Lipinski definition) is 8. The smallest absolute Gasteiger partial charge is 0.397 e. The van der Waals surface area contributed by atoms with Gasteiger partial charge < -0.3 is 5.11 Å². The Labute approximate surface area is 406 Å². The quantitative estimate of drug-likeness (QED) is 0.00964. The molecule has 0 aliphatic heterocycles. The number of nitrogens with one attached hydrogen (secondary N) is 2. The molecule has 4 aromatic carbocycles. The highest BCUT2D eigenvalue weighted by molar-refractivity contribution is 7.92. The number of rotatable bonds is 27. The van der Waals surface area contributed by atoms with E-state index in [0.717, 1.165) is 30.3 Å². The van der Waals surface area contributed by atoms with E-state index >= 15 is 0 Å². The van der Waals surface area contributed by atoms with Crippen molar-refractivity contribution in [2.75, 3.05) is 47.9 Å². The van der Waals surface area contributed by atoms with Gasteiger partial charge in [-0.2, -0.15) is 35.5 Å². The average Bonchev–Trinajstić information content (AvgIpc) is 3.27. The summed E-state index contributed by atoms with van der Waals surface area (Å²) in [5.41, 5.74) is -2.21. The molecule has 0 heterocycles. The van der Waals surface area contributed by atoms with Crippen LogP contribution in [-0.4, -0.2) is 117 Å². The van der Waals surface area contributed by atoms with Crippen LogP contribution in [0.4, 0.5) is 22.7 Å². The van der Waals surface area contributed by atoms with Crippen molar-refractivity contribution in [3.05, 3.63) is 91.8 Å². The SMILES string of the molecule is O=c1c(N=Nc2ccc(S(=O)(=O)CCOSOOO)cc2S(=O)(=O)O)c(O)c(=NNc2ccc(S(=O)(=O)CCOS(=O)(=O)O)cc2S(=O)(=O)O)c(=O)c1=NNc1ccc(S(=O)(=O)CCOSOOO)cc1. The normalized spacial score (nSPS) is 13.5. The first-order valence-corrected chi connectivity index (χ1v) is 28.3. The van der Waals surface area contributed by atoms with E-state index in [0.29, 0.717) is 30.3 Å². The van der Waals surface area contributed by atoms with Crippen LogP contribution in [0.2, 0.25) is 0 Å². The average molecular weight is 1160 g/mol. The fourth-order valence-corrected chi connectivity index (χ4v) is 10.9. The Morgan fingerprint density at radius 2 is 1.03 bits per heavy atom. The Morgan fingerprint density at radius 1 is 0.549 bits per heavy atom. The molecule has 0 radical (unpaired) electrons. The highest BCUT2D eigenvalue weighted by Crippen LogP contribution is 2.31. The summed E-state index contributed by atoms with van der Waals surface area (Å²) >= 11 is 0.143. The number of nitrogens with zero attached hydrogens (tertiary/aromatic N) is 4. The van der Waals surface area contributed by atoms with Crippen molar-refractivity contribution in [3.8, 4) is 5.75 Å². The molecule has 0 spiro atoms.